The molecule has 0 unspecified atom stereocenters. The van der Waals surface area contributed by atoms with Crippen molar-refractivity contribution in [1.29, 1.82) is 0 Å². The van der Waals surface area contributed by atoms with Gasteiger partial charge in [-0.3, -0.25) is 9.69 Å². The number of carbonyl (C=O) groups is 1. The molecule has 0 bridgehead atoms. The predicted molar refractivity (Wildman–Crippen MR) is 130 cm³/mol. The van der Waals surface area contributed by atoms with E-state index in [4.69, 9.17) is 4.74 Å². The van der Waals surface area contributed by atoms with E-state index in [0.29, 0.717) is 32.2 Å². The molecule has 2 N–H and O–H groups in total. The van der Waals surface area contributed by atoms with Crippen molar-refractivity contribution >= 4 is 22.8 Å². The number of nitrogens with zero attached hydrogens (tertiary/aromatic N) is 4. The Hall–Kier alpha value is -3.91. The van der Waals surface area contributed by atoms with Crippen molar-refractivity contribution < 1.29 is 14.6 Å². The maximum Gasteiger partial charge on any atom is 0.325 e. The maximum absolute atomic E-state index is 12.4. The van der Waals surface area contributed by atoms with Crippen LogP contribution in [0.25, 0.3) is 10.9 Å². The summed E-state index contributed by atoms with van der Waals surface area (Å²) < 4.78 is 5.94. The molecule has 0 aliphatic carbocycles. The number of hydrogen-bond acceptors (Lipinski definition) is 6. The zero-order chi connectivity index (χ0) is 23.3. The highest BCUT2D eigenvalue weighted by Crippen LogP contribution is 2.32. The van der Waals surface area contributed by atoms with Crippen LogP contribution in [0.3, 0.4) is 0 Å². The minimum Gasteiger partial charge on any atom is -0.489 e. The molecule has 0 radical (unpaired) electrons. The summed E-state index contributed by atoms with van der Waals surface area (Å²) in [7, 11) is 0. The molecule has 1 aliphatic rings. The maximum atomic E-state index is 12.4. The molecule has 8 nitrogen and oxygen atoms in total. The van der Waals surface area contributed by atoms with Crippen molar-refractivity contribution in [3.05, 3.63) is 84.3 Å². The fourth-order valence-corrected chi connectivity index (χ4v) is 4.52. The number of H-pyrrole nitrogens is 1. The standard InChI is InChI=1S/C26H27N5O3/c32-25(33)24(30-12-5-13-31(15-14-30)26-27-10-4-11-28-26)22-17-29-23-16-20(8-9-21(22)23)34-18-19-6-2-1-3-7-19/h1-4,6-11,16-17,24,29H,5,12-15,18H2,(H,32,33)/t24-/m0/s1. The quantitative estimate of drug-likeness (QED) is 0.435. The van der Waals surface area contributed by atoms with E-state index in [9.17, 15) is 9.90 Å². The molecule has 4 aromatic rings. The third-order valence-corrected chi connectivity index (χ3v) is 6.19. The Bertz CT molecular complexity index is 1250. The third-order valence-electron chi connectivity index (χ3n) is 6.19. The molecule has 3 heterocycles. The van der Waals surface area contributed by atoms with Crippen LogP contribution in [-0.4, -0.2) is 57.1 Å². The van der Waals surface area contributed by atoms with Crippen LogP contribution in [-0.2, 0) is 11.4 Å². The van der Waals surface area contributed by atoms with E-state index in [-0.39, 0.29) is 0 Å². The smallest absolute Gasteiger partial charge is 0.325 e. The lowest BCUT2D eigenvalue weighted by molar-refractivity contribution is -0.143. The summed E-state index contributed by atoms with van der Waals surface area (Å²) in [6, 6.07) is 16.8. The second-order valence-electron chi connectivity index (χ2n) is 8.39. The first-order chi connectivity index (χ1) is 16.7. The van der Waals surface area contributed by atoms with E-state index in [1.165, 1.54) is 0 Å². The van der Waals surface area contributed by atoms with Gasteiger partial charge in [0.15, 0.2) is 0 Å². The third kappa shape index (κ3) is 4.72. The number of ether oxygens (including phenoxy) is 1. The monoisotopic (exact) mass is 457 g/mol. The van der Waals surface area contributed by atoms with Crippen molar-refractivity contribution in [1.82, 2.24) is 19.9 Å². The van der Waals surface area contributed by atoms with Gasteiger partial charge >= 0.3 is 5.97 Å². The van der Waals surface area contributed by atoms with Gasteiger partial charge < -0.3 is 19.7 Å². The van der Waals surface area contributed by atoms with E-state index in [1.54, 1.807) is 18.5 Å². The largest absolute Gasteiger partial charge is 0.489 e. The summed E-state index contributed by atoms with van der Waals surface area (Å²) in [6.07, 6.45) is 6.11. The van der Waals surface area contributed by atoms with Gasteiger partial charge in [0.2, 0.25) is 5.95 Å². The van der Waals surface area contributed by atoms with Crippen LogP contribution in [0.5, 0.6) is 5.75 Å². The number of aromatic amines is 1. The minimum absolute atomic E-state index is 0.479. The van der Waals surface area contributed by atoms with E-state index in [0.717, 1.165) is 40.7 Å². The topological polar surface area (TPSA) is 94.6 Å². The second-order valence-corrected chi connectivity index (χ2v) is 8.39. The number of aromatic nitrogens is 3. The summed E-state index contributed by atoms with van der Waals surface area (Å²) >= 11 is 0. The van der Waals surface area contributed by atoms with Crippen LogP contribution in [0.2, 0.25) is 0 Å². The molecule has 1 saturated heterocycles. The first kappa shape index (κ1) is 21.9. The van der Waals surface area contributed by atoms with Crippen LogP contribution in [0.1, 0.15) is 23.6 Å². The zero-order valence-electron chi connectivity index (χ0n) is 18.8. The fraction of sp³-hybridized carbons (Fsp3) is 0.269. The number of rotatable bonds is 7. The first-order valence-electron chi connectivity index (χ1n) is 11.5. The average molecular weight is 458 g/mol. The molecule has 34 heavy (non-hydrogen) atoms. The lowest BCUT2D eigenvalue weighted by atomic mass is 10.0. The second kappa shape index (κ2) is 9.93. The van der Waals surface area contributed by atoms with E-state index >= 15 is 0 Å². The zero-order valence-corrected chi connectivity index (χ0v) is 18.8. The summed E-state index contributed by atoms with van der Waals surface area (Å²) in [5.74, 6) is 0.575. The molecule has 2 aromatic carbocycles. The Morgan fingerprint density at radius 2 is 1.85 bits per heavy atom. The normalized spacial score (nSPS) is 15.7. The minimum atomic E-state index is -0.852. The van der Waals surface area contributed by atoms with Gasteiger partial charge in [-0.1, -0.05) is 30.3 Å². The van der Waals surface area contributed by atoms with E-state index in [2.05, 4.69) is 19.9 Å². The number of fused-ring (bicyclic) bond motifs is 1. The molecule has 1 fully saturated rings. The van der Waals surface area contributed by atoms with Crippen LogP contribution < -0.4 is 9.64 Å². The average Bonchev–Trinajstić information content (AvgIpc) is 3.12. The van der Waals surface area contributed by atoms with Crippen molar-refractivity contribution in [3.8, 4) is 5.75 Å². The Kier molecular flexibility index (Phi) is 6.40. The van der Waals surface area contributed by atoms with Crippen molar-refractivity contribution in [3.63, 3.8) is 0 Å². The van der Waals surface area contributed by atoms with Crippen LogP contribution >= 0.6 is 0 Å². The summed E-state index contributed by atoms with van der Waals surface area (Å²) in [5.41, 5.74) is 2.72. The summed E-state index contributed by atoms with van der Waals surface area (Å²) in [5, 5.41) is 11.1. The van der Waals surface area contributed by atoms with E-state index < -0.39 is 12.0 Å². The highest BCUT2D eigenvalue weighted by atomic mass is 16.5. The number of anilines is 1. The van der Waals surface area contributed by atoms with Crippen LogP contribution in [0.4, 0.5) is 5.95 Å². The Morgan fingerprint density at radius 3 is 2.65 bits per heavy atom. The number of hydrogen-bond donors (Lipinski definition) is 2. The van der Waals surface area contributed by atoms with Gasteiger partial charge in [0, 0.05) is 67.3 Å². The molecule has 2 aromatic heterocycles. The highest BCUT2D eigenvalue weighted by Gasteiger charge is 2.31. The van der Waals surface area contributed by atoms with Gasteiger partial charge in [-0.15, -0.1) is 0 Å². The molecule has 0 spiro atoms. The molecule has 1 atom stereocenters. The first-order valence-corrected chi connectivity index (χ1v) is 11.5. The molecule has 0 amide bonds. The van der Waals surface area contributed by atoms with Gasteiger partial charge in [0.1, 0.15) is 18.4 Å². The van der Waals surface area contributed by atoms with Crippen LogP contribution in [0, 0.1) is 0 Å². The Labute approximate surface area is 197 Å². The number of carboxylic acids is 1. The number of nitrogens with one attached hydrogen (secondary N) is 1. The number of aliphatic carboxylic acids is 1. The SMILES string of the molecule is O=C(O)[C@H](c1c[nH]c2cc(OCc3ccccc3)ccc12)N1CCCN(c2ncccn2)CC1. The van der Waals surface area contributed by atoms with Gasteiger partial charge in [-0.2, -0.15) is 0 Å². The lowest BCUT2D eigenvalue weighted by Crippen LogP contribution is -2.37. The van der Waals surface area contributed by atoms with Gasteiger partial charge in [0.05, 0.1) is 0 Å². The highest BCUT2D eigenvalue weighted by molar-refractivity contribution is 5.90. The van der Waals surface area contributed by atoms with Gasteiger partial charge in [-0.05, 0) is 30.2 Å². The van der Waals surface area contributed by atoms with Crippen molar-refractivity contribution in [2.75, 3.05) is 31.1 Å². The Morgan fingerprint density at radius 1 is 1.03 bits per heavy atom. The van der Waals surface area contributed by atoms with Crippen LogP contribution in [0.15, 0.2) is 73.2 Å². The lowest BCUT2D eigenvalue weighted by Gasteiger charge is -2.27. The van der Waals surface area contributed by atoms with Gasteiger partial charge in [0.25, 0.3) is 0 Å². The molecule has 174 valence electrons. The molecule has 8 heteroatoms. The predicted octanol–water partition coefficient (Wildman–Crippen LogP) is 3.87. The van der Waals surface area contributed by atoms with E-state index in [1.807, 2.05) is 59.6 Å². The molecular weight excluding hydrogens is 430 g/mol. The van der Waals surface area contributed by atoms with Gasteiger partial charge in [-0.25, -0.2) is 9.97 Å². The summed E-state index contributed by atoms with van der Waals surface area (Å²) in [4.78, 5) is 28.5. The molecule has 5 rings (SSSR count). The fourth-order valence-electron chi connectivity index (χ4n) is 4.52. The molecule has 0 saturated carbocycles. The van der Waals surface area contributed by atoms with Crippen molar-refractivity contribution in [2.45, 2.75) is 19.1 Å². The molecule has 1 aliphatic heterocycles. The van der Waals surface area contributed by atoms with Crippen molar-refractivity contribution in [2.24, 2.45) is 0 Å². The molecular formula is C26H27N5O3. The number of benzene rings is 2. The number of carboxylic acid groups (broad SMARTS) is 1. The Balaban J connectivity index is 1.33. The summed E-state index contributed by atoms with van der Waals surface area (Å²) in [6.45, 7) is 3.24.